The molecule has 0 fully saturated rings. The van der Waals surface area contributed by atoms with Crippen LogP contribution in [-0.2, 0) is 11.3 Å². The summed E-state index contributed by atoms with van der Waals surface area (Å²) in [5.41, 5.74) is 0.249. The van der Waals surface area contributed by atoms with E-state index in [0.29, 0.717) is 4.47 Å². The molecule has 0 aliphatic heterocycles. The van der Waals surface area contributed by atoms with E-state index in [1.807, 2.05) is 5.32 Å². The zero-order chi connectivity index (χ0) is 14.5. The Hall–Kier alpha value is -1.15. The van der Waals surface area contributed by atoms with Gasteiger partial charge < -0.3 is 10.6 Å². The van der Waals surface area contributed by atoms with Crippen LogP contribution in [-0.4, -0.2) is 25.2 Å². The second-order valence-electron chi connectivity index (χ2n) is 3.73. The highest BCUT2D eigenvalue weighted by Crippen LogP contribution is 2.15. The number of hydrogen-bond acceptors (Lipinski definition) is 2. The molecule has 0 aliphatic rings. The highest BCUT2D eigenvalue weighted by molar-refractivity contribution is 9.10. The Bertz CT molecular complexity index is 451. The van der Waals surface area contributed by atoms with Crippen molar-refractivity contribution in [2.75, 3.05) is 13.1 Å². The molecule has 0 unspecified atom stereocenters. The topological polar surface area (TPSA) is 41.1 Å². The van der Waals surface area contributed by atoms with Crippen LogP contribution >= 0.6 is 15.9 Å². The number of hydrogen-bond donors (Lipinski definition) is 2. The van der Waals surface area contributed by atoms with Crippen LogP contribution in [0.5, 0.6) is 0 Å². The number of carbonyl (C=O) groups is 1. The number of nitrogens with one attached hydrogen (secondary N) is 2. The Labute approximate surface area is 115 Å². The molecule has 106 valence electrons. The summed E-state index contributed by atoms with van der Waals surface area (Å²) < 4.78 is 49.4. The molecule has 1 rings (SSSR count). The lowest BCUT2D eigenvalue weighted by Gasteiger charge is -2.09. The maximum atomic E-state index is 13.3. The Morgan fingerprint density at radius 2 is 2.00 bits per heavy atom. The Morgan fingerprint density at radius 1 is 1.32 bits per heavy atom. The van der Waals surface area contributed by atoms with Crippen molar-refractivity contribution >= 4 is 21.8 Å². The SMILES string of the molecule is O=C(CNCC(F)(F)F)NCc1cc(Br)ccc1F. The largest absolute Gasteiger partial charge is 0.401 e. The van der Waals surface area contributed by atoms with Gasteiger partial charge in [0.25, 0.3) is 0 Å². The van der Waals surface area contributed by atoms with Crippen molar-refractivity contribution in [3.63, 3.8) is 0 Å². The molecule has 8 heteroatoms. The van der Waals surface area contributed by atoms with Gasteiger partial charge in [0.2, 0.25) is 5.91 Å². The average molecular weight is 343 g/mol. The normalized spacial score (nSPS) is 11.4. The van der Waals surface area contributed by atoms with Crippen LogP contribution < -0.4 is 10.6 Å². The third kappa shape index (κ3) is 6.53. The van der Waals surface area contributed by atoms with Crippen molar-refractivity contribution in [3.05, 3.63) is 34.1 Å². The van der Waals surface area contributed by atoms with E-state index in [0.717, 1.165) is 0 Å². The maximum Gasteiger partial charge on any atom is 0.401 e. The van der Waals surface area contributed by atoms with Crippen LogP contribution in [0.25, 0.3) is 0 Å². The summed E-state index contributed by atoms with van der Waals surface area (Å²) in [7, 11) is 0. The molecule has 0 saturated carbocycles. The van der Waals surface area contributed by atoms with Gasteiger partial charge in [-0.05, 0) is 18.2 Å². The van der Waals surface area contributed by atoms with Crippen LogP contribution in [0.2, 0.25) is 0 Å². The van der Waals surface area contributed by atoms with E-state index in [1.165, 1.54) is 18.2 Å². The number of rotatable bonds is 5. The molecule has 1 amide bonds. The first-order chi connectivity index (χ1) is 8.78. The molecule has 0 aliphatic carbocycles. The molecule has 1 aromatic rings. The second kappa shape index (κ2) is 6.85. The molecular formula is C11H11BrF4N2O. The summed E-state index contributed by atoms with van der Waals surface area (Å²) in [6.45, 7) is -1.81. The van der Waals surface area contributed by atoms with Crippen molar-refractivity contribution in [2.45, 2.75) is 12.7 Å². The zero-order valence-corrected chi connectivity index (χ0v) is 11.2. The number of carbonyl (C=O) groups excluding carboxylic acids is 1. The van der Waals surface area contributed by atoms with Crippen molar-refractivity contribution < 1.29 is 22.4 Å². The van der Waals surface area contributed by atoms with Crippen molar-refractivity contribution in [1.29, 1.82) is 0 Å². The van der Waals surface area contributed by atoms with Crippen molar-refractivity contribution in [1.82, 2.24) is 10.6 Å². The van der Waals surface area contributed by atoms with Crippen LogP contribution in [0.1, 0.15) is 5.56 Å². The van der Waals surface area contributed by atoms with Gasteiger partial charge >= 0.3 is 6.18 Å². The fourth-order valence-corrected chi connectivity index (χ4v) is 1.66. The molecule has 3 nitrogen and oxygen atoms in total. The fourth-order valence-electron chi connectivity index (χ4n) is 1.25. The molecule has 0 spiro atoms. The maximum absolute atomic E-state index is 13.3. The number of benzene rings is 1. The van der Waals surface area contributed by atoms with Crippen molar-refractivity contribution in [2.24, 2.45) is 0 Å². The van der Waals surface area contributed by atoms with Gasteiger partial charge in [-0.2, -0.15) is 13.2 Å². The molecule has 0 atom stereocenters. The highest BCUT2D eigenvalue weighted by atomic mass is 79.9. The van der Waals surface area contributed by atoms with E-state index in [4.69, 9.17) is 0 Å². The van der Waals surface area contributed by atoms with E-state index in [9.17, 15) is 22.4 Å². The lowest BCUT2D eigenvalue weighted by molar-refractivity contribution is -0.128. The molecular weight excluding hydrogens is 332 g/mol. The Balaban J connectivity index is 2.36. The number of halogens is 5. The summed E-state index contributed by atoms with van der Waals surface area (Å²) in [5.74, 6) is -1.13. The monoisotopic (exact) mass is 342 g/mol. The fraction of sp³-hybridized carbons (Fsp3) is 0.364. The van der Waals surface area contributed by atoms with Gasteiger partial charge in [-0.1, -0.05) is 15.9 Å². The Morgan fingerprint density at radius 3 is 2.63 bits per heavy atom. The van der Waals surface area contributed by atoms with E-state index < -0.39 is 31.0 Å². The summed E-state index contributed by atoms with van der Waals surface area (Å²) in [6.07, 6.45) is -4.36. The van der Waals surface area contributed by atoms with E-state index in [2.05, 4.69) is 21.2 Å². The van der Waals surface area contributed by atoms with E-state index in [-0.39, 0.29) is 12.1 Å². The third-order valence-corrected chi connectivity index (χ3v) is 2.59. The van der Waals surface area contributed by atoms with E-state index in [1.54, 1.807) is 0 Å². The van der Waals surface area contributed by atoms with Crippen molar-refractivity contribution in [3.8, 4) is 0 Å². The van der Waals surface area contributed by atoms with E-state index >= 15 is 0 Å². The minimum absolute atomic E-state index is 0.0855. The number of alkyl halides is 3. The first-order valence-electron chi connectivity index (χ1n) is 5.26. The molecule has 0 heterocycles. The molecule has 2 N–H and O–H groups in total. The predicted octanol–water partition coefficient (Wildman–Crippen LogP) is 2.36. The molecule has 1 aromatic carbocycles. The molecule has 0 radical (unpaired) electrons. The molecule has 0 saturated heterocycles. The minimum Gasteiger partial charge on any atom is -0.351 e. The van der Waals surface area contributed by atoms with Gasteiger partial charge in [-0.3, -0.25) is 4.79 Å². The van der Waals surface area contributed by atoms with Gasteiger partial charge in [0, 0.05) is 16.6 Å². The molecule has 19 heavy (non-hydrogen) atoms. The summed E-state index contributed by atoms with van der Waals surface area (Å²) in [6, 6.07) is 4.22. The summed E-state index contributed by atoms with van der Waals surface area (Å²) in [5, 5.41) is 4.27. The summed E-state index contributed by atoms with van der Waals surface area (Å²) in [4.78, 5) is 11.2. The molecule has 0 aromatic heterocycles. The second-order valence-corrected chi connectivity index (χ2v) is 4.65. The van der Waals surface area contributed by atoms with Crippen LogP contribution in [0.15, 0.2) is 22.7 Å². The number of amides is 1. The van der Waals surface area contributed by atoms with Crippen LogP contribution in [0.4, 0.5) is 17.6 Å². The van der Waals surface area contributed by atoms with Crippen LogP contribution in [0.3, 0.4) is 0 Å². The summed E-state index contributed by atoms with van der Waals surface area (Å²) >= 11 is 3.15. The lowest BCUT2D eigenvalue weighted by Crippen LogP contribution is -2.38. The first kappa shape index (κ1) is 15.9. The van der Waals surface area contributed by atoms with Gasteiger partial charge in [-0.15, -0.1) is 0 Å². The third-order valence-electron chi connectivity index (χ3n) is 2.09. The van der Waals surface area contributed by atoms with Gasteiger partial charge in [0.15, 0.2) is 0 Å². The zero-order valence-electron chi connectivity index (χ0n) is 9.65. The minimum atomic E-state index is -4.36. The Kier molecular flexibility index (Phi) is 5.74. The average Bonchev–Trinajstić information content (AvgIpc) is 2.28. The first-order valence-corrected chi connectivity index (χ1v) is 6.05. The van der Waals surface area contributed by atoms with Gasteiger partial charge in [0.1, 0.15) is 5.82 Å². The standard InChI is InChI=1S/C11H11BrF4N2O/c12-8-1-2-9(13)7(3-8)4-18-10(19)5-17-6-11(14,15)16/h1-3,17H,4-6H2,(H,18,19). The van der Waals surface area contributed by atoms with Gasteiger partial charge in [-0.25, -0.2) is 4.39 Å². The smallest absolute Gasteiger partial charge is 0.351 e. The quantitative estimate of drug-likeness (QED) is 0.806. The predicted molar refractivity (Wildman–Crippen MR) is 64.9 cm³/mol. The molecule has 0 bridgehead atoms. The van der Waals surface area contributed by atoms with Crippen LogP contribution in [0, 0.1) is 5.82 Å². The lowest BCUT2D eigenvalue weighted by atomic mass is 10.2. The highest BCUT2D eigenvalue weighted by Gasteiger charge is 2.26. The van der Waals surface area contributed by atoms with Gasteiger partial charge in [0.05, 0.1) is 13.1 Å².